The molecule has 0 aliphatic carbocycles. The summed E-state index contributed by atoms with van der Waals surface area (Å²) < 4.78 is 7.60. The van der Waals surface area contributed by atoms with Crippen molar-refractivity contribution in [3.63, 3.8) is 0 Å². The number of nitrogens with one attached hydrogen (secondary N) is 1. The summed E-state index contributed by atoms with van der Waals surface area (Å²) in [5, 5.41) is 7.81. The SMILES string of the molecule is COC(=O)C(=O)Cn1c(-c2cc(NCc3ccc(Cl)s3)n(C(=O)C(C)(C)C)n2)cc(-c2ccccc2)cc1=O. The number of nitrogens with zero attached hydrogens (tertiary/aromatic N) is 3. The number of ketones is 1. The molecular formula is C28H27ClN4O5S. The lowest BCUT2D eigenvalue weighted by atomic mass is 9.96. The molecule has 3 heterocycles. The summed E-state index contributed by atoms with van der Waals surface area (Å²) in [4.78, 5) is 51.9. The zero-order valence-corrected chi connectivity index (χ0v) is 23.4. The highest BCUT2D eigenvalue weighted by molar-refractivity contribution is 7.16. The number of rotatable bonds is 8. The number of carbonyl (C=O) groups is 3. The number of anilines is 1. The van der Waals surface area contributed by atoms with Gasteiger partial charge in [-0.1, -0.05) is 62.7 Å². The Balaban J connectivity index is 1.87. The van der Waals surface area contributed by atoms with E-state index >= 15 is 0 Å². The number of hydrogen-bond donors (Lipinski definition) is 1. The Labute approximate surface area is 234 Å². The van der Waals surface area contributed by atoms with Crippen molar-refractivity contribution < 1.29 is 19.1 Å². The summed E-state index contributed by atoms with van der Waals surface area (Å²) in [5.41, 5.74) is 0.631. The van der Waals surface area contributed by atoms with Crippen LogP contribution in [-0.4, -0.2) is 39.1 Å². The minimum absolute atomic E-state index is 0.265. The molecule has 3 aromatic heterocycles. The summed E-state index contributed by atoms with van der Waals surface area (Å²) in [6, 6.07) is 17.7. The first-order chi connectivity index (χ1) is 18.5. The third kappa shape index (κ3) is 6.35. The van der Waals surface area contributed by atoms with Crippen molar-refractivity contribution in [3.05, 3.63) is 80.2 Å². The standard InChI is InChI=1S/C28H27ClN4O5S/c1-28(2,3)27(37)33-24(30-15-19-10-11-23(29)39-19)14-20(31-33)21-12-18(17-8-6-5-7-9-17)13-25(35)32(21)16-22(34)26(36)38-4/h5-14,30H,15-16H2,1-4H3. The van der Waals surface area contributed by atoms with Gasteiger partial charge in [0.15, 0.2) is 0 Å². The molecule has 0 radical (unpaired) electrons. The van der Waals surface area contributed by atoms with Crippen molar-refractivity contribution in [2.75, 3.05) is 12.4 Å². The van der Waals surface area contributed by atoms with E-state index in [-0.39, 0.29) is 17.3 Å². The molecule has 0 bridgehead atoms. The molecule has 202 valence electrons. The zero-order chi connectivity index (χ0) is 28.3. The van der Waals surface area contributed by atoms with Crippen LogP contribution in [-0.2, 0) is 27.4 Å². The predicted octanol–water partition coefficient (Wildman–Crippen LogP) is 5.13. The number of carbonyl (C=O) groups excluding carboxylic acids is 3. The van der Waals surface area contributed by atoms with E-state index in [2.05, 4.69) is 15.2 Å². The van der Waals surface area contributed by atoms with Gasteiger partial charge in [0.1, 0.15) is 11.5 Å². The van der Waals surface area contributed by atoms with E-state index < -0.39 is 29.3 Å². The number of ether oxygens (including phenoxy) is 1. The van der Waals surface area contributed by atoms with Gasteiger partial charge >= 0.3 is 5.97 Å². The van der Waals surface area contributed by atoms with Gasteiger partial charge in [0, 0.05) is 22.4 Å². The highest BCUT2D eigenvalue weighted by atomic mass is 35.5. The van der Waals surface area contributed by atoms with Gasteiger partial charge in [-0.3, -0.25) is 19.0 Å². The fraction of sp³-hybridized carbons (Fsp3) is 0.250. The summed E-state index contributed by atoms with van der Waals surface area (Å²) in [5.74, 6) is -1.84. The zero-order valence-electron chi connectivity index (χ0n) is 21.9. The van der Waals surface area contributed by atoms with Gasteiger partial charge in [0.05, 0.1) is 30.2 Å². The predicted molar refractivity (Wildman–Crippen MR) is 151 cm³/mol. The van der Waals surface area contributed by atoms with E-state index in [0.29, 0.717) is 22.3 Å². The highest BCUT2D eigenvalue weighted by Crippen LogP contribution is 2.29. The van der Waals surface area contributed by atoms with Gasteiger partial charge < -0.3 is 10.1 Å². The third-order valence-electron chi connectivity index (χ3n) is 5.83. The summed E-state index contributed by atoms with van der Waals surface area (Å²) in [6.07, 6.45) is 0. The summed E-state index contributed by atoms with van der Waals surface area (Å²) in [6.45, 7) is 5.17. The molecule has 0 saturated carbocycles. The molecule has 0 spiro atoms. The van der Waals surface area contributed by atoms with E-state index in [1.165, 1.54) is 22.1 Å². The second-order valence-electron chi connectivity index (χ2n) is 9.78. The van der Waals surface area contributed by atoms with E-state index in [0.717, 1.165) is 22.1 Å². The molecule has 1 N–H and O–H groups in total. The Hall–Kier alpha value is -4.02. The summed E-state index contributed by atoms with van der Waals surface area (Å²) in [7, 11) is 1.10. The molecule has 11 heteroatoms. The number of pyridine rings is 1. The van der Waals surface area contributed by atoms with Crippen LogP contribution in [0, 0.1) is 5.41 Å². The molecule has 0 saturated heterocycles. The molecule has 39 heavy (non-hydrogen) atoms. The number of Topliss-reactive ketones (excluding diaryl/α,β-unsaturated/α-hetero) is 1. The first-order valence-corrected chi connectivity index (χ1v) is 13.2. The molecule has 4 rings (SSSR count). The van der Waals surface area contributed by atoms with Gasteiger partial charge in [-0.2, -0.15) is 9.78 Å². The average molecular weight is 567 g/mol. The molecule has 4 aromatic rings. The van der Waals surface area contributed by atoms with Crippen LogP contribution in [0.5, 0.6) is 0 Å². The highest BCUT2D eigenvalue weighted by Gasteiger charge is 2.28. The largest absolute Gasteiger partial charge is 0.463 e. The molecule has 0 fully saturated rings. The topological polar surface area (TPSA) is 112 Å². The van der Waals surface area contributed by atoms with Gasteiger partial charge in [-0.25, -0.2) is 4.79 Å². The maximum atomic E-state index is 13.4. The minimum Gasteiger partial charge on any atom is -0.463 e. The minimum atomic E-state index is -1.06. The van der Waals surface area contributed by atoms with Crippen LogP contribution < -0.4 is 10.9 Å². The normalized spacial score (nSPS) is 11.3. The fourth-order valence-electron chi connectivity index (χ4n) is 3.82. The summed E-state index contributed by atoms with van der Waals surface area (Å²) >= 11 is 7.47. The van der Waals surface area contributed by atoms with Crippen molar-refractivity contribution in [3.8, 4) is 22.5 Å². The molecule has 0 atom stereocenters. The first-order valence-electron chi connectivity index (χ1n) is 12.0. The van der Waals surface area contributed by atoms with Crippen LogP contribution >= 0.6 is 22.9 Å². The van der Waals surface area contributed by atoms with Crippen LogP contribution in [0.15, 0.2) is 65.5 Å². The third-order valence-corrected chi connectivity index (χ3v) is 7.06. The van der Waals surface area contributed by atoms with Crippen molar-refractivity contribution in [1.82, 2.24) is 14.3 Å². The van der Waals surface area contributed by atoms with Crippen LogP contribution in [0.2, 0.25) is 4.34 Å². The Kier molecular flexibility index (Phi) is 8.17. The Morgan fingerprint density at radius 1 is 1.03 bits per heavy atom. The molecule has 0 amide bonds. The Bertz CT molecular complexity index is 1600. The fourth-order valence-corrected chi connectivity index (χ4v) is 4.85. The second kappa shape index (κ2) is 11.4. The molecule has 1 aromatic carbocycles. The monoisotopic (exact) mass is 566 g/mol. The number of methoxy groups -OCH3 is 1. The van der Waals surface area contributed by atoms with E-state index in [4.69, 9.17) is 11.6 Å². The molecule has 0 aliphatic rings. The molecule has 0 unspecified atom stereocenters. The van der Waals surface area contributed by atoms with Crippen LogP contribution in [0.1, 0.15) is 30.4 Å². The van der Waals surface area contributed by atoms with Gasteiger partial charge in [-0.15, -0.1) is 11.3 Å². The Morgan fingerprint density at radius 3 is 2.36 bits per heavy atom. The van der Waals surface area contributed by atoms with Crippen LogP contribution in [0.25, 0.3) is 22.5 Å². The van der Waals surface area contributed by atoms with Gasteiger partial charge in [0.25, 0.3) is 17.2 Å². The van der Waals surface area contributed by atoms with E-state index in [1.807, 2.05) is 36.4 Å². The van der Waals surface area contributed by atoms with Crippen molar-refractivity contribution >= 4 is 46.4 Å². The number of benzene rings is 1. The number of thiophene rings is 1. The Morgan fingerprint density at radius 2 is 1.74 bits per heavy atom. The van der Waals surface area contributed by atoms with Crippen LogP contribution in [0.3, 0.4) is 0 Å². The van der Waals surface area contributed by atoms with Crippen molar-refractivity contribution in [2.24, 2.45) is 5.41 Å². The molecular weight excluding hydrogens is 540 g/mol. The van der Waals surface area contributed by atoms with E-state index in [9.17, 15) is 19.2 Å². The lowest BCUT2D eigenvalue weighted by molar-refractivity contribution is -0.151. The van der Waals surface area contributed by atoms with Crippen molar-refractivity contribution in [2.45, 2.75) is 33.9 Å². The van der Waals surface area contributed by atoms with Gasteiger partial charge in [-0.05, 0) is 29.3 Å². The second-order valence-corrected chi connectivity index (χ2v) is 11.6. The van der Waals surface area contributed by atoms with E-state index in [1.54, 1.807) is 39.0 Å². The molecule has 9 nitrogen and oxygen atoms in total. The number of aromatic nitrogens is 3. The van der Waals surface area contributed by atoms with Crippen molar-refractivity contribution in [1.29, 1.82) is 0 Å². The quantitative estimate of drug-likeness (QED) is 0.232. The maximum Gasteiger partial charge on any atom is 0.376 e. The average Bonchev–Trinajstić information content (AvgIpc) is 3.53. The number of halogens is 1. The first kappa shape index (κ1) is 28.0. The lowest BCUT2D eigenvalue weighted by Crippen LogP contribution is -2.30. The lowest BCUT2D eigenvalue weighted by Gasteiger charge is -2.18. The van der Waals surface area contributed by atoms with Crippen LogP contribution in [0.4, 0.5) is 5.82 Å². The smallest absolute Gasteiger partial charge is 0.376 e. The number of esters is 1. The molecule has 0 aliphatic heterocycles. The van der Waals surface area contributed by atoms with Gasteiger partial charge in [0.2, 0.25) is 0 Å². The maximum absolute atomic E-state index is 13.4. The number of hydrogen-bond acceptors (Lipinski definition) is 8.